The maximum absolute atomic E-state index is 11.8. The third-order valence-corrected chi connectivity index (χ3v) is 6.04. The van der Waals surface area contributed by atoms with Crippen LogP contribution in [0.5, 0.6) is 0 Å². The van der Waals surface area contributed by atoms with Crippen molar-refractivity contribution in [3.63, 3.8) is 0 Å². The molecule has 0 spiro atoms. The molecule has 170 valence electrons. The van der Waals surface area contributed by atoms with Crippen LogP contribution in [-0.2, 0) is 27.3 Å². The van der Waals surface area contributed by atoms with Gasteiger partial charge >= 0.3 is 11.9 Å². The quantitative estimate of drug-likeness (QED) is 0.161. The van der Waals surface area contributed by atoms with Crippen molar-refractivity contribution in [2.75, 3.05) is 6.61 Å². The van der Waals surface area contributed by atoms with Crippen LogP contribution in [0, 0.1) is 0 Å². The van der Waals surface area contributed by atoms with Crippen molar-refractivity contribution in [2.45, 2.75) is 76.9 Å². The first-order chi connectivity index (χ1) is 13.9. The van der Waals surface area contributed by atoms with Crippen LogP contribution >= 0.6 is 0 Å². The van der Waals surface area contributed by atoms with Crippen LogP contribution in [0.2, 0.25) is 0 Å². The Morgan fingerprint density at radius 3 is 2.17 bits per heavy atom. The number of esters is 2. The Labute approximate surface area is 180 Å². The predicted octanol–water partition coefficient (Wildman–Crippen LogP) is -1.31. The average molecular weight is 469 g/mol. The lowest BCUT2D eigenvalue weighted by molar-refractivity contribution is -0.151. The van der Waals surface area contributed by atoms with E-state index < -0.39 is 52.3 Å². The number of cyclic esters (lactones) is 1. The number of unbranched alkanes of at least 4 members (excludes halogenated alkanes) is 7. The van der Waals surface area contributed by atoms with Gasteiger partial charge in [-0.15, -0.1) is 0 Å². The van der Waals surface area contributed by atoms with Crippen LogP contribution in [0.3, 0.4) is 0 Å². The summed E-state index contributed by atoms with van der Waals surface area (Å²) in [6.45, 7) is 1.48. The lowest BCUT2D eigenvalue weighted by atomic mass is 10.1. The summed E-state index contributed by atoms with van der Waals surface area (Å²) in [5.41, 5.74) is 0. The van der Waals surface area contributed by atoms with E-state index in [1.54, 1.807) is 0 Å². The first-order valence-electron chi connectivity index (χ1n) is 10.0. The van der Waals surface area contributed by atoms with E-state index in [9.17, 15) is 19.8 Å². The Hall–Kier alpha value is -1.03. The minimum atomic E-state index is -1.45. The average Bonchev–Trinajstić information content (AvgIpc) is 2.99. The third kappa shape index (κ3) is 12.3. The summed E-state index contributed by atoms with van der Waals surface area (Å²) in [6.07, 6.45) is 6.03. The Morgan fingerprint density at radius 2 is 1.69 bits per heavy atom. The Morgan fingerprint density at radius 1 is 1.14 bits per heavy atom. The maximum Gasteiger partial charge on any atom is 0.378 e. The lowest BCUT2D eigenvalue weighted by Gasteiger charge is -2.17. The van der Waals surface area contributed by atoms with E-state index in [1.165, 1.54) is 25.7 Å². The maximum atomic E-state index is 11.8. The molecule has 1 aliphatic heterocycles. The van der Waals surface area contributed by atoms with E-state index in [0.29, 0.717) is 6.42 Å². The smallest absolute Gasteiger partial charge is 0.378 e. The van der Waals surface area contributed by atoms with Gasteiger partial charge in [0.1, 0.15) is 27.1 Å². The van der Waals surface area contributed by atoms with Gasteiger partial charge in [0.15, 0.2) is 6.10 Å². The van der Waals surface area contributed by atoms with Gasteiger partial charge in [0.05, 0.1) is 6.61 Å². The molecule has 1 rings (SSSR count). The van der Waals surface area contributed by atoms with Crippen molar-refractivity contribution < 1.29 is 42.6 Å². The first-order valence-corrected chi connectivity index (χ1v) is 12.8. The molecule has 2 atom stereocenters. The van der Waals surface area contributed by atoms with Gasteiger partial charge in [0, 0.05) is 6.42 Å². The topological polar surface area (TPSA) is 132 Å². The number of aliphatic hydroxyl groups excluding tert-OH is 3. The zero-order valence-corrected chi connectivity index (χ0v) is 23.1. The Kier molecular flexibility index (Phi) is 17.2. The molecule has 0 aromatic heterocycles. The van der Waals surface area contributed by atoms with Gasteiger partial charge < -0.3 is 33.0 Å². The minimum Gasteiger partial charge on any atom is -0.499 e. The number of aliphatic hydroxyl groups is 3. The second kappa shape index (κ2) is 17.8. The lowest BCUT2D eigenvalue weighted by Crippen LogP contribution is -2.33. The fraction of sp³-hybridized carbons (Fsp3) is 0.765. The van der Waals surface area contributed by atoms with Crippen molar-refractivity contribution in [2.24, 2.45) is 0 Å². The van der Waals surface area contributed by atoms with E-state index in [1.807, 2.05) is 0 Å². The van der Waals surface area contributed by atoms with E-state index in [2.05, 4.69) is 11.7 Å². The zero-order chi connectivity index (χ0) is 22.1. The molecule has 0 saturated heterocycles. The van der Waals surface area contributed by atoms with Gasteiger partial charge in [0.25, 0.3) is 10.0 Å². The summed E-state index contributed by atoms with van der Waals surface area (Å²) in [5.74, 6) is -2.94. The molecule has 0 radical (unpaired) electrons. The van der Waals surface area contributed by atoms with Crippen molar-refractivity contribution in [1.29, 1.82) is 0 Å². The number of ether oxygens (including phenoxy) is 2. The Balaban J connectivity index is 0.00000139. The predicted molar refractivity (Wildman–Crippen MR) is 117 cm³/mol. The molecule has 12 heteroatoms. The first kappa shape index (κ1) is 28.0. The van der Waals surface area contributed by atoms with Crippen LogP contribution < -0.4 is 0 Å². The number of hydrogen-bond acceptors (Lipinski definition) is 9. The van der Waals surface area contributed by atoms with Crippen LogP contribution in [0.25, 0.3) is 0 Å². The second-order valence-corrected chi connectivity index (χ2v) is 11.5. The van der Waals surface area contributed by atoms with Crippen LogP contribution in [0.4, 0.5) is 0 Å². The van der Waals surface area contributed by atoms with Gasteiger partial charge in [-0.25, -0.2) is 4.79 Å². The van der Waals surface area contributed by atoms with Gasteiger partial charge in [-0.3, -0.25) is 4.79 Å². The van der Waals surface area contributed by atoms with Crippen LogP contribution in [-0.4, -0.2) is 77.1 Å². The van der Waals surface area contributed by atoms with Crippen molar-refractivity contribution in [1.82, 2.24) is 0 Å². The summed E-state index contributed by atoms with van der Waals surface area (Å²) in [6, 6.07) is 0. The molecule has 0 aromatic rings. The standard InChI is InChI=1S/C17H28O7.H8O2Si3/c1-2-3-4-5-6-7-8-9-10-13(20)23-16-14(21)17(22)24-15(16)12(19)11-18;3-1-5-2-4/h12,15,18-19,21H,2-11H2,1H3;5H2,3-4H3/t12-,15+;/m0./s1. The molecular weight excluding hydrogens is 432 g/mol. The zero-order valence-electron chi connectivity index (χ0n) is 17.7. The summed E-state index contributed by atoms with van der Waals surface area (Å²) in [4.78, 5) is 23.1. The van der Waals surface area contributed by atoms with Crippen molar-refractivity contribution in [3.05, 3.63) is 11.5 Å². The molecular formula is C17H36O9Si3. The number of rotatable bonds is 14. The highest BCUT2D eigenvalue weighted by Crippen LogP contribution is 2.25. The van der Waals surface area contributed by atoms with Crippen molar-refractivity contribution in [3.8, 4) is 0 Å². The molecule has 9 nitrogen and oxygen atoms in total. The molecule has 0 amide bonds. The highest BCUT2D eigenvalue weighted by Gasteiger charge is 2.41. The molecule has 0 unspecified atom stereocenters. The Bertz CT molecular complexity index is 501. The molecule has 3 N–H and O–H groups in total. The molecule has 0 bridgehead atoms. The van der Waals surface area contributed by atoms with Crippen LogP contribution in [0.1, 0.15) is 64.7 Å². The van der Waals surface area contributed by atoms with Gasteiger partial charge in [-0.1, -0.05) is 51.9 Å². The SMILES string of the molecule is CCCCCCCCCCC(=O)OC1=C(O)C(=O)O[C@@H]1[C@@H](O)CO.[SiH3]O[SiH2]O[SiH3]. The number of carbonyl (C=O) groups is 2. The fourth-order valence-electron chi connectivity index (χ4n) is 2.61. The third-order valence-electron chi connectivity index (χ3n) is 4.15. The summed E-state index contributed by atoms with van der Waals surface area (Å²) < 4.78 is 19.2. The van der Waals surface area contributed by atoms with Crippen molar-refractivity contribution >= 4 is 42.9 Å². The largest absolute Gasteiger partial charge is 0.499 e. The number of hydrogen-bond donors (Lipinski definition) is 3. The summed E-state index contributed by atoms with van der Waals surface area (Å²) >= 11 is 0. The van der Waals surface area contributed by atoms with Gasteiger partial charge in [-0.2, -0.15) is 0 Å². The van der Waals surface area contributed by atoms with Gasteiger partial charge in [-0.05, 0) is 6.42 Å². The minimum absolute atomic E-state index is 0.155. The van der Waals surface area contributed by atoms with Gasteiger partial charge in [0.2, 0.25) is 11.5 Å². The highest BCUT2D eigenvalue weighted by molar-refractivity contribution is 6.33. The van der Waals surface area contributed by atoms with E-state index in [4.69, 9.17) is 18.1 Å². The highest BCUT2D eigenvalue weighted by atomic mass is 28.3. The normalized spacial score (nSPS) is 17.5. The molecule has 0 aromatic carbocycles. The van der Waals surface area contributed by atoms with E-state index in [0.717, 1.165) is 40.2 Å². The molecule has 0 saturated carbocycles. The molecule has 1 aliphatic rings. The number of carbonyl (C=O) groups excluding carboxylic acids is 2. The summed E-state index contributed by atoms with van der Waals surface area (Å²) in [5, 5.41) is 28.0. The molecule has 1 heterocycles. The molecule has 29 heavy (non-hydrogen) atoms. The molecule has 0 aliphatic carbocycles. The van der Waals surface area contributed by atoms with E-state index >= 15 is 0 Å². The van der Waals surface area contributed by atoms with E-state index in [-0.39, 0.29) is 6.42 Å². The van der Waals surface area contributed by atoms with Crippen LogP contribution in [0.15, 0.2) is 11.5 Å². The monoisotopic (exact) mass is 468 g/mol. The second-order valence-electron chi connectivity index (χ2n) is 6.68. The summed E-state index contributed by atoms with van der Waals surface area (Å²) in [7, 11) is 1.27. The fourth-order valence-corrected chi connectivity index (χ4v) is 5.67. The molecule has 0 fully saturated rings.